The summed E-state index contributed by atoms with van der Waals surface area (Å²) >= 11 is 5.81. The number of ether oxygens (including phenoxy) is 1. The van der Waals surface area contributed by atoms with Crippen molar-refractivity contribution in [1.82, 2.24) is 15.2 Å². The Morgan fingerprint density at radius 1 is 1.16 bits per heavy atom. The molecule has 1 saturated carbocycles. The molecular weight excluding hydrogens is 330 g/mol. The molecule has 1 N–H and O–H groups in total. The van der Waals surface area contributed by atoms with Gasteiger partial charge in [-0.3, -0.25) is 4.98 Å². The van der Waals surface area contributed by atoms with E-state index in [1.807, 2.05) is 18.5 Å². The Labute approximate surface area is 157 Å². The molecule has 0 spiro atoms. The van der Waals surface area contributed by atoms with Gasteiger partial charge in [-0.05, 0) is 49.5 Å². The summed E-state index contributed by atoms with van der Waals surface area (Å²) in [4.78, 5) is 6.52. The largest absolute Gasteiger partial charge is 0.376 e. The average Bonchev–Trinajstić information content (AvgIpc) is 3.10. The van der Waals surface area contributed by atoms with Crippen LogP contribution in [-0.2, 0) is 11.3 Å². The number of hydrogen-bond donors (Lipinski definition) is 1. The average molecular weight is 362 g/mol. The lowest BCUT2D eigenvalue weighted by Gasteiger charge is -2.31. The van der Waals surface area contributed by atoms with Crippen LogP contribution in [0.25, 0.3) is 0 Å². The van der Waals surface area contributed by atoms with E-state index in [1.54, 1.807) is 0 Å². The van der Waals surface area contributed by atoms with E-state index in [0.717, 1.165) is 37.7 Å². The molecule has 5 heteroatoms. The second-order valence-electron chi connectivity index (χ2n) is 7.37. The lowest BCUT2D eigenvalue weighted by atomic mass is 9.97. The molecule has 1 unspecified atom stereocenters. The van der Waals surface area contributed by atoms with Crippen LogP contribution in [0.2, 0.25) is 0 Å². The highest BCUT2D eigenvalue weighted by molar-refractivity contribution is 7.80. The summed E-state index contributed by atoms with van der Waals surface area (Å²) in [6, 6.07) is 4.63. The van der Waals surface area contributed by atoms with Crippen molar-refractivity contribution in [2.45, 2.75) is 76.5 Å². The number of thiocarbonyl (C=S) groups is 1. The Balaban J connectivity index is 1.60. The number of hydrogen-bond acceptors (Lipinski definition) is 3. The molecule has 4 nitrogen and oxygen atoms in total. The van der Waals surface area contributed by atoms with E-state index in [4.69, 9.17) is 17.0 Å². The molecule has 2 heterocycles. The Hall–Kier alpha value is -1.20. The van der Waals surface area contributed by atoms with Gasteiger partial charge in [-0.15, -0.1) is 0 Å². The maximum absolute atomic E-state index is 5.85. The van der Waals surface area contributed by atoms with Crippen molar-refractivity contribution in [3.8, 4) is 0 Å². The van der Waals surface area contributed by atoms with Crippen LogP contribution in [0, 0.1) is 0 Å². The first-order valence-electron chi connectivity index (χ1n) is 9.87. The lowest BCUT2D eigenvalue weighted by molar-refractivity contribution is 0.0894. The van der Waals surface area contributed by atoms with E-state index < -0.39 is 0 Å². The van der Waals surface area contributed by atoms with E-state index in [9.17, 15) is 0 Å². The van der Waals surface area contributed by atoms with Gasteiger partial charge < -0.3 is 15.0 Å². The first-order valence-corrected chi connectivity index (χ1v) is 10.3. The van der Waals surface area contributed by atoms with Crippen molar-refractivity contribution in [3.63, 3.8) is 0 Å². The predicted molar refractivity (Wildman–Crippen MR) is 105 cm³/mol. The molecule has 0 aromatic carbocycles. The third-order valence-electron chi connectivity index (χ3n) is 5.26. The highest BCUT2D eigenvalue weighted by Gasteiger charge is 2.22. The molecule has 1 saturated heterocycles. The van der Waals surface area contributed by atoms with Gasteiger partial charge in [-0.2, -0.15) is 0 Å². The van der Waals surface area contributed by atoms with E-state index in [2.05, 4.69) is 21.3 Å². The SMILES string of the molecule is S=C(NC1CCCCCCC1)N(Cc1cccnc1)CC1CCCO1. The van der Waals surface area contributed by atoms with Crippen molar-refractivity contribution in [2.24, 2.45) is 0 Å². The fourth-order valence-electron chi connectivity index (χ4n) is 3.83. The Kier molecular flexibility index (Phi) is 7.49. The predicted octanol–water partition coefficient (Wildman–Crippen LogP) is 4.05. The molecule has 1 atom stereocenters. The molecule has 1 aliphatic heterocycles. The van der Waals surface area contributed by atoms with Gasteiger partial charge in [0.15, 0.2) is 5.11 Å². The third-order valence-corrected chi connectivity index (χ3v) is 5.64. The molecule has 2 fully saturated rings. The van der Waals surface area contributed by atoms with Crippen LogP contribution in [-0.4, -0.2) is 40.3 Å². The minimum atomic E-state index is 0.300. The molecule has 0 amide bonds. The molecule has 1 aromatic heterocycles. The number of nitrogens with zero attached hydrogens (tertiary/aromatic N) is 2. The molecule has 3 rings (SSSR count). The lowest BCUT2D eigenvalue weighted by Crippen LogP contribution is -2.47. The van der Waals surface area contributed by atoms with Crippen LogP contribution in [0.1, 0.15) is 63.4 Å². The monoisotopic (exact) mass is 361 g/mol. The van der Waals surface area contributed by atoms with Gasteiger partial charge in [0.25, 0.3) is 0 Å². The standard InChI is InChI=1S/C20H31N3OS/c25-20(22-18-9-4-2-1-3-5-10-18)23(16-19-11-7-13-24-19)15-17-8-6-12-21-14-17/h6,8,12,14,18-19H,1-5,7,9-11,13,15-16H2,(H,22,25). The first-order chi connectivity index (χ1) is 12.3. The zero-order chi connectivity index (χ0) is 17.3. The van der Waals surface area contributed by atoms with Crippen molar-refractivity contribution >= 4 is 17.3 Å². The van der Waals surface area contributed by atoms with Crippen molar-refractivity contribution < 1.29 is 4.74 Å². The van der Waals surface area contributed by atoms with Gasteiger partial charge in [-0.25, -0.2) is 0 Å². The number of pyridine rings is 1. The molecule has 25 heavy (non-hydrogen) atoms. The summed E-state index contributed by atoms with van der Waals surface area (Å²) in [7, 11) is 0. The first kappa shape index (κ1) is 18.6. The van der Waals surface area contributed by atoms with Crippen LogP contribution in [0.4, 0.5) is 0 Å². The van der Waals surface area contributed by atoms with E-state index >= 15 is 0 Å². The Morgan fingerprint density at radius 3 is 2.64 bits per heavy atom. The maximum Gasteiger partial charge on any atom is 0.169 e. The van der Waals surface area contributed by atoms with Crippen LogP contribution < -0.4 is 5.32 Å². The minimum Gasteiger partial charge on any atom is -0.376 e. The Morgan fingerprint density at radius 2 is 1.96 bits per heavy atom. The zero-order valence-electron chi connectivity index (χ0n) is 15.2. The summed E-state index contributed by atoms with van der Waals surface area (Å²) in [6.45, 7) is 2.55. The van der Waals surface area contributed by atoms with E-state index in [-0.39, 0.29) is 0 Å². The van der Waals surface area contributed by atoms with Crippen LogP contribution >= 0.6 is 12.2 Å². The summed E-state index contributed by atoms with van der Waals surface area (Å²) in [6.07, 6.45) is 15.6. The van der Waals surface area contributed by atoms with Gasteiger partial charge >= 0.3 is 0 Å². The maximum atomic E-state index is 5.85. The fourth-order valence-corrected chi connectivity index (χ4v) is 4.14. The van der Waals surface area contributed by atoms with Gasteiger partial charge in [-0.1, -0.05) is 38.2 Å². The van der Waals surface area contributed by atoms with Crippen molar-refractivity contribution in [1.29, 1.82) is 0 Å². The topological polar surface area (TPSA) is 37.4 Å². The third kappa shape index (κ3) is 6.23. The normalized spacial score (nSPS) is 22.2. The highest BCUT2D eigenvalue weighted by Crippen LogP contribution is 2.19. The molecule has 0 bridgehead atoms. The Bertz CT molecular complexity index is 511. The molecule has 0 radical (unpaired) electrons. The van der Waals surface area contributed by atoms with Crippen molar-refractivity contribution in [2.75, 3.05) is 13.2 Å². The molecule has 1 aromatic rings. The molecular formula is C20H31N3OS. The van der Waals surface area contributed by atoms with Gasteiger partial charge in [0.2, 0.25) is 0 Å². The molecule has 2 aliphatic rings. The molecule has 138 valence electrons. The van der Waals surface area contributed by atoms with Gasteiger partial charge in [0.05, 0.1) is 6.10 Å². The van der Waals surface area contributed by atoms with Crippen LogP contribution in [0.15, 0.2) is 24.5 Å². The van der Waals surface area contributed by atoms with Gasteiger partial charge in [0.1, 0.15) is 0 Å². The number of rotatable bonds is 5. The number of aromatic nitrogens is 1. The van der Waals surface area contributed by atoms with Crippen molar-refractivity contribution in [3.05, 3.63) is 30.1 Å². The minimum absolute atomic E-state index is 0.300. The summed E-state index contributed by atoms with van der Waals surface area (Å²) in [5.41, 5.74) is 1.20. The van der Waals surface area contributed by atoms with Crippen LogP contribution in [0.3, 0.4) is 0 Å². The highest BCUT2D eigenvalue weighted by atomic mass is 32.1. The second kappa shape index (κ2) is 10.1. The van der Waals surface area contributed by atoms with E-state index in [1.165, 1.54) is 50.5 Å². The zero-order valence-corrected chi connectivity index (χ0v) is 16.0. The van der Waals surface area contributed by atoms with Gasteiger partial charge in [0, 0.05) is 38.1 Å². The second-order valence-corrected chi connectivity index (χ2v) is 7.76. The summed E-state index contributed by atoms with van der Waals surface area (Å²) in [5.74, 6) is 0. The number of nitrogens with one attached hydrogen (secondary N) is 1. The van der Waals surface area contributed by atoms with E-state index in [0.29, 0.717) is 12.1 Å². The fraction of sp³-hybridized carbons (Fsp3) is 0.700. The van der Waals surface area contributed by atoms with Crippen LogP contribution in [0.5, 0.6) is 0 Å². The smallest absolute Gasteiger partial charge is 0.169 e. The summed E-state index contributed by atoms with van der Waals surface area (Å²) < 4.78 is 5.85. The quantitative estimate of drug-likeness (QED) is 0.801. The summed E-state index contributed by atoms with van der Waals surface area (Å²) in [5, 5.41) is 4.54. The molecule has 1 aliphatic carbocycles.